The maximum absolute atomic E-state index is 11.0. The Morgan fingerprint density at radius 3 is 2.75 bits per heavy atom. The second kappa shape index (κ2) is 5.80. The molecule has 1 amide bonds. The van der Waals surface area contributed by atoms with E-state index in [0.717, 1.165) is 6.42 Å². The number of rotatable bonds is 5. The topological polar surface area (TPSA) is 72.6 Å². The van der Waals surface area contributed by atoms with Gasteiger partial charge in [-0.25, -0.2) is 0 Å². The zero-order valence-electron chi connectivity index (χ0n) is 9.14. The molecule has 0 aromatic heterocycles. The number of primary amides is 1. The summed E-state index contributed by atoms with van der Waals surface area (Å²) in [5.74, 6) is -0.173. The number of ether oxygens (including phenoxy) is 1. The Balaban J connectivity index is 2.77. The molecular weight excluding hydrogens is 206 g/mol. The number of para-hydroxylation sites is 2. The molecule has 0 unspecified atom stereocenters. The standard InChI is InChI=1S/C12H15NO3/c1-2-5-9(12(13)15)8-16-11-7-4-3-6-10(11)14/h3-4,6-8,14H,2,5H2,1H3,(H2,13,15). The third kappa shape index (κ3) is 3.31. The molecule has 3 N–H and O–H groups in total. The molecule has 0 atom stereocenters. The van der Waals surface area contributed by atoms with E-state index in [1.54, 1.807) is 18.2 Å². The fourth-order valence-electron chi connectivity index (χ4n) is 1.20. The van der Waals surface area contributed by atoms with Crippen LogP contribution >= 0.6 is 0 Å². The summed E-state index contributed by atoms with van der Waals surface area (Å²) in [6.45, 7) is 1.94. The van der Waals surface area contributed by atoms with Gasteiger partial charge in [-0.1, -0.05) is 25.5 Å². The summed E-state index contributed by atoms with van der Waals surface area (Å²) in [7, 11) is 0. The first-order chi connectivity index (χ1) is 7.65. The summed E-state index contributed by atoms with van der Waals surface area (Å²) in [4.78, 5) is 11.0. The molecule has 0 fully saturated rings. The van der Waals surface area contributed by atoms with Gasteiger partial charge in [-0.15, -0.1) is 0 Å². The van der Waals surface area contributed by atoms with Crippen LogP contribution in [0.25, 0.3) is 0 Å². The molecule has 4 nitrogen and oxygen atoms in total. The van der Waals surface area contributed by atoms with Crippen molar-refractivity contribution in [3.63, 3.8) is 0 Å². The molecule has 0 heterocycles. The summed E-state index contributed by atoms with van der Waals surface area (Å²) in [5, 5.41) is 9.42. The number of amides is 1. The van der Waals surface area contributed by atoms with Gasteiger partial charge in [-0.3, -0.25) is 4.79 Å². The van der Waals surface area contributed by atoms with Crippen molar-refractivity contribution in [1.82, 2.24) is 0 Å². The average Bonchev–Trinajstić information content (AvgIpc) is 2.26. The molecule has 0 aliphatic rings. The maximum Gasteiger partial charge on any atom is 0.247 e. The van der Waals surface area contributed by atoms with E-state index >= 15 is 0 Å². The van der Waals surface area contributed by atoms with Crippen LogP contribution < -0.4 is 10.5 Å². The second-order valence-electron chi connectivity index (χ2n) is 3.34. The molecule has 0 spiro atoms. The van der Waals surface area contributed by atoms with E-state index in [9.17, 15) is 9.90 Å². The van der Waals surface area contributed by atoms with Gasteiger partial charge in [0.05, 0.1) is 11.8 Å². The van der Waals surface area contributed by atoms with Crippen molar-refractivity contribution in [1.29, 1.82) is 0 Å². The van der Waals surface area contributed by atoms with Crippen molar-refractivity contribution in [2.75, 3.05) is 0 Å². The maximum atomic E-state index is 11.0. The number of hydrogen-bond acceptors (Lipinski definition) is 3. The molecule has 0 aliphatic carbocycles. The van der Waals surface area contributed by atoms with Crippen LogP contribution in [0.1, 0.15) is 19.8 Å². The van der Waals surface area contributed by atoms with Gasteiger partial charge in [0.2, 0.25) is 5.91 Å². The largest absolute Gasteiger partial charge is 0.504 e. The predicted molar refractivity (Wildman–Crippen MR) is 60.9 cm³/mol. The quantitative estimate of drug-likeness (QED) is 0.589. The van der Waals surface area contributed by atoms with Crippen LogP contribution in [0.4, 0.5) is 0 Å². The van der Waals surface area contributed by atoms with Crippen LogP contribution in [0.2, 0.25) is 0 Å². The fourth-order valence-corrected chi connectivity index (χ4v) is 1.20. The number of aromatic hydroxyl groups is 1. The highest BCUT2D eigenvalue weighted by Crippen LogP contribution is 2.24. The first-order valence-electron chi connectivity index (χ1n) is 5.08. The van der Waals surface area contributed by atoms with Gasteiger partial charge in [0, 0.05) is 0 Å². The lowest BCUT2D eigenvalue weighted by Gasteiger charge is -2.05. The molecule has 0 bridgehead atoms. The molecule has 86 valence electrons. The molecule has 4 heteroatoms. The first-order valence-corrected chi connectivity index (χ1v) is 5.08. The Morgan fingerprint density at radius 2 is 2.19 bits per heavy atom. The molecular formula is C12H15NO3. The van der Waals surface area contributed by atoms with E-state index in [4.69, 9.17) is 10.5 Å². The van der Waals surface area contributed by atoms with Crippen LogP contribution in [-0.2, 0) is 4.79 Å². The van der Waals surface area contributed by atoms with Gasteiger partial charge in [0.25, 0.3) is 0 Å². The Labute approximate surface area is 94.3 Å². The van der Waals surface area contributed by atoms with Gasteiger partial charge < -0.3 is 15.6 Å². The van der Waals surface area contributed by atoms with Crippen molar-refractivity contribution in [2.24, 2.45) is 5.73 Å². The molecule has 1 aromatic rings. The van der Waals surface area contributed by atoms with Gasteiger partial charge in [-0.2, -0.15) is 0 Å². The molecule has 0 aliphatic heterocycles. The summed E-state index contributed by atoms with van der Waals surface area (Å²) in [5.41, 5.74) is 5.58. The summed E-state index contributed by atoms with van der Waals surface area (Å²) < 4.78 is 5.20. The Bertz CT molecular complexity index is 399. The van der Waals surface area contributed by atoms with Gasteiger partial charge >= 0.3 is 0 Å². The minimum Gasteiger partial charge on any atom is -0.504 e. The van der Waals surface area contributed by atoms with Crippen molar-refractivity contribution < 1.29 is 14.6 Å². The van der Waals surface area contributed by atoms with Crippen molar-refractivity contribution >= 4 is 5.91 Å². The van der Waals surface area contributed by atoms with Crippen LogP contribution in [0, 0.1) is 0 Å². The molecule has 1 rings (SSSR count). The molecule has 1 aromatic carbocycles. The third-order valence-electron chi connectivity index (χ3n) is 2.03. The molecule has 0 radical (unpaired) electrons. The van der Waals surface area contributed by atoms with E-state index in [0.29, 0.717) is 17.7 Å². The number of nitrogens with two attached hydrogens (primary N) is 1. The van der Waals surface area contributed by atoms with Crippen LogP contribution in [0.5, 0.6) is 11.5 Å². The third-order valence-corrected chi connectivity index (χ3v) is 2.03. The minimum absolute atomic E-state index is 0.0269. The predicted octanol–water partition coefficient (Wildman–Crippen LogP) is 1.94. The van der Waals surface area contributed by atoms with Crippen molar-refractivity contribution in [3.8, 4) is 11.5 Å². The van der Waals surface area contributed by atoms with E-state index in [2.05, 4.69) is 0 Å². The number of carbonyl (C=O) groups is 1. The highest BCUT2D eigenvalue weighted by Gasteiger charge is 2.05. The van der Waals surface area contributed by atoms with E-state index in [1.165, 1.54) is 12.3 Å². The van der Waals surface area contributed by atoms with Crippen molar-refractivity contribution in [2.45, 2.75) is 19.8 Å². The van der Waals surface area contributed by atoms with Gasteiger partial charge in [0.1, 0.15) is 0 Å². The van der Waals surface area contributed by atoms with Crippen LogP contribution in [0.3, 0.4) is 0 Å². The van der Waals surface area contributed by atoms with E-state index in [1.807, 2.05) is 6.92 Å². The van der Waals surface area contributed by atoms with Crippen molar-refractivity contribution in [3.05, 3.63) is 36.1 Å². The molecule has 16 heavy (non-hydrogen) atoms. The minimum atomic E-state index is -0.503. The van der Waals surface area contributed by atoms with E-state index < -0.39 is 5.91 Å². The van der Waals surface area contributed by atoms with Crippen LogP contribution in [-0.4, -0.2) is 11.0 Å². The number of phenolic OH excluding ortho intramolecular Hbond substituents is 1. The van der Waals surface area contributed by atoms with Gasteiger partial charge in [0.15, 0.2) is 11.5 Å². The van der Waals surface area contributed by atoms with Crippen LogP contribution in [0.15, 0.2) is 36.1 Å². The zero-order chi connectivity index (χ0) is 12.0. The lowest BCUT2D eigenvalue weighted by Crippen LogP contribution is -2.14. The normalized spacial score (nSPS) is 11.2. The first kappa shape index (κ1) is 12.1. The zero-order valence-corrected chi connectivity index (χ0v) is 9.14. The number of carbonyl (C=O) groups excluding carboxylic acids is 1. The van der Waals surface area contributed by atoms with E-state index in [-0.39, 0.29) is 5.75 Å². The lowest BCUT2D eigenvalue weighted by molar-refractivity contribution is -0.114. The lowest BCUT2D eigenvalue weighted by atomic mass is 10.1. The smallest absolute Gasteiger partial charge is 0.247 e. The molecule has 0 saturated carbocycles. The average molecular weight is 221 g/mol. The fraction of sp³-hybridized carbons (Fsp3) is 0.250. The highest BCUT2D eigenvalue weighted by atomic mass is 16.5. The SMILES string of the molecule is CCCC(=COc1ccccc1O)C(N)=O. The second-order valence-corrected chi connectivity index (χ2v) is 3.34. The Hall–Kier alpha value is -1.97. The number of benzene rings is 1. The monoisotopic (exact) mass is 221 g/mol. The molecule has 0 saturated heterocycles. The summed E-state index contributed by atoms with van der Waals surface area (Å²) in [6.07, 6.45) is 2.66. The van der Waals surface area contributed by atoms with Gasteiger partial charge in [-0.05, 0) is 18.6 Å². The summed E-state index contributed by atoms with van der Waals surface area (Å²) in [6, 6.07) is 6.53. The Morgan fingerprint density at radius 1 is 1.50 bits per heavy atom. The number of hydrogen-bond donors (Lipinski definition) is 2. The Kier molecular flexibility index (Phi) is 4.39. The number of phenols is 1. The summed E-state index contributed by atoms with van der Waals surface area (Å²) >= 11 is 0. The highest BCUT2D eigenvalue weighted by molar-refractivity contribution is 5.91.